The molecule has 0 aliphatic carbocycles. The number of benzene rings is 2. The third kappa shape index (κ3) is 4.59. The fourth-order valence-corrected chi connectivity index (χ4v) is 4.09. The van der Waals surface area contributed by atoms with E-state index in [2.05, 4.69) is 10.2 Å². The van der Waals surface area contributed by atoms with Gasteiger partial charge in [-0.05, 0) is 72.9 Å². The Kier molecular flexibility index (Phi) is 5.86. The summed E-state index contributed by atoms with van der Waals surface area (Å²) in [7, 11) is 0. The molecule has 0 radical (unpaired) electrons. The van der Waals surface area contributed by atoms with Gasteiger partial charge in [0.1, 0.15) is 5.82 Å². The fourth-order valence-electron chi connectivity index (χ4n) is 4.09. The van der Waals surface area contributed by atoms with E-state index in [1.165, 1.54) is 12.1 Å². The van der Waals surface area contributed by atoms with Crippen molar-refractivity contribution >= 4 is 11.7 Å². The lowest BCUT2D eigenvalue weighted by molar-refractivity contribution is -0.137. The number of hydrogen-bond acceptors (Lipinski definition) is 4. The number of halogens is 3. The Morgan fingerprint density at radius 2 is 1.69 bits per heavy atom. The number of amides is 1. The SMILES string of the molecule is Cc1cc(C(=O)N2CCC(c3ccc(N)nn3)CC2)ccc1-c1ccc(C(F)(F)F)cc1. The molecule has 3 aromatic rings. The minimum absolute atomic E-state index is 0.0473. The van der Waals surface area contributed by atoms with Gasteiger partial charge in [-0.1, -0.05) is 18.2 Å². The van der Waals surface area contributed by atoms with E-state index in [-0.39, 0.29) is 11.8 Å². The predicted octanol–water partition coefficient (Wildman–Crippen LogP) is 5.07. The number of hydrogen-bond donors (Lipinski definition) is 1. The van der Waals surface area contributed by atoms with E-state index in [9.17, 15) is 18.0 Å². The molecule has 0 atom stereocenters. The molecule has 166 valence electrons. The number of rotatable bonds is 3. The second kappa shape index (κ2) is 8.61. The zero-order valence-corrected chi connectivity index (χ0v) is 17.6. The summed E-state index contributed by atoms with van der Waals surface area (Å²) in [6, 6.07) is 14.0. The summed E-state index contributed by atoms with van der Waals surface area (Å²) in [5.74, 6) is 0.585. The summed E-state index contributed by atoms with van der Waals surface area (Å²) >= 11 is 0. The molecule has 1 aliphatic heterocycles. The summed E-state index contributed by atoms with van der Waals surface area (Å²) in [6.07, 6.45) is -2.77. The second-order valence-electron chi connectivity index (χ2n) is 8.05. The van der Waals surface area contributed by atoms with Crippen LogP contribution < -0.4 is 5.73 Å². The third-order valence-electron chi connectivity index (χ3n) is 5.90. The van der Waals surface area contributed by atoms with Gasteiger partial charge in [0.15, 0.2) is 0 Å². The minimum atomic E-state index is -4.36. The average Bonchev–Trinajstić information content (AvgIpc) is 2.79. The van der Waals surface area contributed by atoms with Gasteiger partial charge in [0, 0.05) is 24.6 Å². The molecule has 1 aliphatic rings. The normalized spacial score (nSPS) is 15.1. The van der Waals surface area contributed by atoms with E-state index in [0.29, 0.717) is 30.0 Å². The molecular formula is C24H23F3N4O. The topological polar surface area (TPSA) is 72.1 Å². The first-order chi connectivity index (χ1) is 15.2. The van der Waals surface area contributed by atoms with Crippen LogP contribution in [0.5, 0.6) is 0 Å². The van der Waals surface area contributed by atoms with Gasteiger partial charge in [0.05, 0.1) is 11.3 Å². The summed E-state index contributed by atoms with van der Waals surface area (Å²) in [6.45, 7) is 3.10. The highest BCUT2D eigenvalue weighted by Gasteiger charge is 2.30. The second-order valence-corrected chi connectivity index (χ2v) is 8.05. The largest absolute Gasteiger partial charge is 0.416 e. The number of likely N-dealkylation sites (tertiary alicyclic amines) is 1. The van der Waals surface area contributed by atoms with Crippen molar-refractivity contribution in [3.8, 4) is 11.1 Å². The molecule has 1 saturated heterocycles. The average molecular weight is 440 g/mol. The van der Waals surface area contributed by atoms with Gasteiger partial charge in [-0.3, -0.25) is 4.79 Å². The van der Waals surface area contributed by atoms with Crippen LogP contribution in [0, 0.1) is 6.92 Å². The van der Waals surface area contributed by atoms with E-state index in [4.69, 9.17) is 5.73 Å². The minimum Gasteiger partial charge on any atom is -0.382 e. The van der Waals surface area contributed by atoms with E-state index in [1.807, 2.05) is 17.9 Å². The highest BCUT2D eigenvalue weighted by Crippen LogP contribution is 2.32. The molecule has 0 unspecified atom stereocenters. The molecule has 0 bridgehead atoms. The Bertz CT molecular complexity index is 1100. The van der Waals surface area contributed by atoms with Crippen molar-refractivity contribution in [2.24, 2.45) is 0 Å². The number of nitrogens with two attached hydrogens (primary N) is 1. The maximum atomic E-state index is 13.0. The van der Waals surface area contributed by atoms with Crippen LogP contribution in [-0.4, -0.2) is 34.1 Å². The Hall–Kier alpha value is -3.42. The number of nitrogens with zero attached hydrogens (tertiary/aromatic N) is 3. The first-order valence-electron chi connectivity index (χ1n) is 10.4. The van der Waals surface area contributed by atoms with Crippen molar-refractivity contribution in [2.45, 2.75) is 31.9 Å². The van der Waals surface area contributed by atoms with Gasteiger partial charge < -0.3 is 10.6 Å². The molecule has 2 N–H and O–H groups in total. The summed E-state index contributed by atoms with van der Waals surface area (Å²) in [4.78, 5) is 14.8. The molecule has 1 fully saturated rings. The van der Waals surface area contributed by atoms with Gasteiger partial charge in [-0.2, -0.15) is 18.3 Å². The number of alkyl halides is 3. The lowest BCUT2D eigenvalue weighted by atomic mass is 9.92. The molecule has 1 amide bonds. The molecule has 4 rings (SSSR count). The van der Waals surface area contributed by atoms with Crippen molar-refractivity contribution in [1.29, 1.82) is 0 Å². The number of aromatic nitrogens is 2. The lowest BCUT2D eigenvalue weighted by Gasteiger charge is -2.31. The molecule has 8 heteroatoms. The van der Waals surface area contributed by atoms with E-state index in [1.54, 1.807) is 24.3 Å². The van der Waals surface area contributed by atoms with Gasteiger partial charge in [-0.25, -0.2) is 0 Å². The van der Waals surface area contributed by atoms with E-state index < -0.39 is 11.7 Å². The van der Waals surface area contributed by atoms with Crippen LogP contribution >= 0.6 is 0 Å². The zero-order chi connectivity index (χ0) is 22.9. The lowest BCUT2D eigenvalue weighted by Crippen LogP contribution is -2.38. The quantitative estimate of drug-likeness (QED) is 0.617. The molecule has 2 heterocycles. The molecule has 2 aromatic carbocycles. The Morgan fingerprint density at radius 1 is 1.00 bits per heavy atom. The monoisotopic (exact) mass is 440 g/mol. The van der Waals surface area contributed by atoms with Crippen LogP contribution in [0.1, 0.15) is 45.9 Å². The van der Waals surface area contributed by atoms with Gasteiger partial charge in [0.25, 0.3) is 5.91 Å². The summed E-state index contributed by atoms with van der Waals surface area (Å²) < 4.78 is 38.4. The number of aryl methyl sites for hydroxylation is 1. The third-order valence-corrected chi connectivity index (χ3v) is 5.90. The summed E-state index contributed by atoms with van der Waals surface area (Å²) in [5, 5.41) is 8.07. The van der Waals surface area contributed by atoms with Crippen LogP contribution in [0.25, 0.3) is 11.1 Å². The predicted molar refractivity (Wildman–Crippen MR) is 116 cm³/mol. The zero-order valence-electron chi connectivity index (χ0n) is 17.6. The first-order valence-corrected chi connectivity index (χ1v) is 10.4. The van der Waals surface area contributed by atoms with Gasteiger partial charge in [-0.15, -0.1) is 5.10 Å². The van der Waals surface area contributed by atoms with Crippen molar-refractivity contribution < 1.29 is 18.0 Å². The molecule has 0 spiro atoms. The molecule has 5 nitrogen and oxygen atoms in total. The van der Waals surface area contributed by atoms with E-state index in [0.717, 1.165) is 41.8 Å². The van der Waals surface area contributed by atoms with Crippen molar-refractivity contribution in [3.05, 3.63) is 77.0 Å². The van der Waals surface area contributed by atoms with Crippen LogP contribution in [0.15, 0.2) is 54.6 Å². The number of piperidine rings is 1. The van der Waals surface area contributed by atoms with Crippen LogP contribution in [0.4, 0.5) is 19.0 Å². The van der Waals surface area contributed by atoms with Gasteiger partial charge >= 0.3 is 6.18 Å². The van der Waals surface area contributed by atoms with Crippen molar-refractivity contribution in [3.63, 3.8) is 0 Å². The van der Waals surface area contributed by atoms with Crippen LogP contribution in [0.2, 0.25) is 0 Å². The first kappa shape index (κ1) is 21.8. The highest BCUT2D eigenvalue weighted by molar-refractivity contribution is 5.95. The maximum absolute atomic E-state index is 13.0. The van der Waals surface area contributed by atoms with Crippen LogP contribution in [-0.2, 0) is 6.18 Å². The Morgan fingerprint density at radius 3 is 2.25 bits per heavy atom. The van der Waals surface area contributed by atoms with Crippen LogP contribution in [0.3, 0.4) is 0 Å². The number of nitrogen functional groups attached to an aromatic ring is 1. The van der Waals surface area contributed by atoms with Gasteiger partial charge in [0.2, 0.25) is 0 Å². The van der Waals surface area contributed by atoms with Crippen molar-refractivity contribution in [1.82, 2.24) is 15.1 Å². The smallest absolute Gasteiger partial charge is 0.382 e. The molecular weight excluding hydrogens is 417 g/mol. The Labute approximate surface area is 184 Å². The standard InChI is InChI=1S/C24H23F3N4O/c1-15-14-18(4-7-20(15)16-2-5-19(6-3-16)24(25,26)27)23(32)31-12-10-17(11-13-31)21-8-9-22(28)30-29-21/h2-9,14,17H,10-13H2,1H3,(H2,28,30). The molecule has 32 heavy (non-hydrogen) atoms. The fraction of sp³-hybridized carbons (Fsp3) is 0.292. The Balaban J connectivity index is 1.44. The number of anilines is 1. The highest BCUT2D eigenvalue weighted by atomic mass is 19.4. The summed E-state index contributed by atoms with van der Waals surface area (Å²) in [5.41, 5.74) is 8.70. The van der Waals surface area contributed by atoms with Crippen molar-refractivity contribution in [2.75, 3.05) is 18.8 Å². The number of carbonyl (C=O) groups is 1. The molecule has 0 saturated carbocycles. The molecule has 1 aromatic heterocycles. The maximum Gasteiger partial charge on any atom is 0.416 e. The number of carbonyl (C=O) groups excluding carboxylic acids is 1. The van der Waals surface area contributed by atoms with E-state index >= 15 is 0 Å².